The maximum absolute atomic E-state index is 13.2. The van der Waals surface area contributed by atoms with Gasteiger partial charge in [-0.25, -0.2) is 9.18 Å². The van der Waals surface area contributed by atoms with Gasteiger partial charge in [-0.15, -0.1) is 0 Å². The first kappa shape index (κ1) is 10.9. The third-order valence-corrected chi connectivity index (χ3v) is 3.53. The zero-order valence-electron chi connectivity index (χ0n) is 9.07. The van der Waals surface area contributed by atoms with E-state index >= 15 is 0 Å². The molecule has 86 valence electrons. The van der Waals surface area contributed by atoms with E-state index in [0.29, 0.717) is 0 Å². The van der Waals surface area contributed by atoms with E-state index in [1.807, 2.05) is 0 Å². The molecular formula is C11H17FO3. The Hall–Kier alpha value is -0.640. The van der Waals surface area contributed by atoms with Gasteiger partial charge in [0.25, 0.3) is 0 Å². The van der Waals surface area contributed by atoms with Crippen LogP contribution in [0.15, 0.2) is 0 Å². The van der Waals surface area contributed by atoms with Gasteiger partial charge in [-0.3, -0.25) is 0 Å². The second-order valence-electron chi connectivity index (χ2n) is 5.17. The van der Waals surface area contributed by atoms with Gasteiger partial charge >= 0.3 is 5.97 Å². The number of alkyl halides is 1. The van der Waals surface area contributed by atoms with Gasteiger partial charge < -0.3 is 9.84 Å². The minimum Gasteiger partial charge on any atom is -0.457 e. The molecule has 15 heavy (non-hydrogen) atoms. The van der Waals surface area contributed by atoms with Crippen LogP contribution in [0.3, 0.4) is 0 Å². The molecule has 2 aliphatic carbocycles. The summed E-state index contributed by atoms with van der Waals surface area (Å²) in [6.07, 6.45) is 1.82. The fourth-order valence-electron chi connectivity index (χ4n) is 2.64. The van der Waals surface area contributed by atoms with Crippen LogP contribution >= 0.6 is 0 Å². The summed E-state index contributed by atoms with van der Waals surface area (Å²) in [6, 6.07) is 0. The van der Waals surface area contributed by atoms with Crippen molar-refractivity contribution < 1.29 is 19.0 Å². The minimum atomic E-state index is -1.97. The highest BCUT2D eigenvalue weighted by Crippen LogP contribution is 2.46. The second-order valence-corrected chi connectivity index (χ2v) is 5.17. The molecule has 0 radical (unpaired) electrons. The Morgan fingerprint density at radius 3 is 2.47 bits per heavy atom. The quantitative estimate of drug-likeness (QED) is 0.710. The number of aliphatic hydroxyl groups excluding tert-OH is 1. The molecule has 2 fully saturated rings. The van der Waals surface area contributed by atoms with Gasteiger partial charge in [-0.05, 0) is 44.9 Å². The molecular weight excluding hydrogens is 199 g/mol. The predicted molar refractivity (Wildman–Crippen MR) is 51.9 cm³/mol. The molecule has 0 spiro atoms. The van der Waals surface area contributed by atoms with E-state index in [9.17, 15) is 14.3 Å². The van der Waals surface area contributed by atoms with Crippen LogP contribution in [0.2, 0.25) is 0 Å². The van der Waals surface area contributed by atoms with Gasteiger partial charge in [-0.1, -0.05) is 0 Å². The molecule has 0 heterocycles. The zero-order chi connectivity index (χ0) is 11.2. The first-order valence-electron chi connectivity index (χ1n) is 5.47. The molecule has 0 amide bonds. The fraction of sp³-hybridized carbons (Fsp3) is 0.909. The molecule has 2 saturated carbocycles. The minimum absolute atomic E-state index is 0.233. The third-order valence-electron chi connectivity index (χ3n) is 3.53. The van der Waals surface area contributed by atoms with Crippen molar-refractivity contribution >= 4 is 5.97 Å². The number of aliphatic hydroxyl groups is 1. The number of hydrogen-bond acceptors (Lipinski definition) is 3. The van der Waals surface area contributed by atoms with E-state index in [-0.39, 0.29) is 11.8 Å². The molecule has 4 unspecified atom stereocenters. The normalized spacial score (nSPS) is 39.5. The van der Waals surface area contributed by atoms with Gasteiger partial charge in [0.15, 0.2) is 0 Å². The molecule has 2 aliphatic rings. The van der Waals surface area contributed by atoms with Crippen molar-refractivity contribution in [1.29, 1.82) is 0 Å². The molecule has 4 heteroatoms. The standard InChI is InChI=1S/C11H17FO3/c1-11(2,12)10(14)15-9-7-4-3-6(5-7)8(9)13/h6-9,13H,3-5H2,1-2H3. The molecule has 2 bridgehead atoms. The van der Waals surface area contributed by atoms with Crippen molar-refractivity contribution in [3.63, 3.8) is 0 Å². The topological polar surface area (TPSA) is 46.5 Å². The maximum Gasteiger partial charge on any atom is 0.343 e. The Morgan fingerprint density at radius 1 is 1.40 bits per heavy atom. The molecule has 0 aromatic rings. The van der Waals surface area contributed by atoms with Gasteiger partial charge in [0.1, 0.15) is 6.10 Å². The summed E-state index contributed by atoms with van der Waals surface area (Å²) in [4.78, 5) is 11.3. The SMILES string of the molecule is CC(C)(F)C(=O)OC1C2CCC(C2)C1O. The average Bonchev–Trinajstić information content (AvgIpc) is 2.67. The molecule has 4 atom stereocenters. The number of halogens is 1. The Kier molecular flexibility index (Phi) is 2.49. The van der Waals surface area contributed by atoms with Crippen LogP contribution in [0.4, 0.5) is 4.39 Å². The Balaban J connectivity index is 1.99. The van der Waals surface area contributed by atoms with E-state index in [1.165, 1.54) is 13.8 Å². The second kappa shape index (κ2) is 3.44. The first-order chi connectivity index (χ1) is 6.89. The summed E-state index contributed by atoms with van der Waals surface area (Å²) < 4.78 is 18.3. The lowest BCUT2D eigenvalue weighted by Crippen LogP contribution is -2.40. The number of rotatable bonds is 2. The number of hydrogen-bond donors (Lipinski definition) is 1. The van der Waals surface area contributed by atoms with Gasteiger partial charge in [0.05, 0.1) is 6.10 Å². The lowest BCUT2D eigenvalue weighted by atomic mass is 9.94. The van der Waals surface area contributed by atoms with Crippen LogP contribution in [0.5, 0.6) is 0 Å². The summed E-state index contributed by atoms with van der Waals surface area (Å²) in [6.45, 7) is 2.35. The van der Waals surface area contributed by atoms with E-state index in [2.05, 4.69) is 0 Å². The summed E-state index contributed by atoms with van der Waals surface area (Å²) in [5.74, 6) is -0.383. The molecule has 2 rings (SSSR count). The summed E-state index contributed by atoms with van der Waals surface area (Å²) >= 11 is 0. The van der Waals surface area contributed by atoms with E-state index in [4.69, 9.17) is 4.74 Å². The summed E-state index contributed by atoms with van der Waals surface area (Å²) in [7, 11) is 0. The molecule has 0 aromatic carbocycles. The van der Waals surface area contributed by atoms with Gasteiger partial charge in [-0.2, -0.15) is 0 Å². The van der Waals surface area contributed by atoms with E-state index < -0.39 is 23.8 Å². The fourth-order valence-corrected chi connectivity index (χ4v) is 2.64. The highest BCUT2D eigenvalue weighted by molar-refractivity contribution is 5.78. The molecule has 0 saturated heterocycles. The average molecular weight is 216 g/mol. The number of fused-ring (bicyclic) bond motifs is 2. The monoisotopic (exact) mass is 216 g/mol. The van der Waals surface area contributed by atoms with Crippen LogP contribution in [-0.2, 0) is 9.53 Å². The maximum atomic E-state index is 13.2. The molecule has 1 N–H and O–H groups in total. The van der Waals surface area contributed by atoms with Crippen molar-refractivity contribution in [2.45, 2.75) is 51.0 Å². The number of carbonyl (C=O) groups is 1. The highest BCUT2D eigenvalue weighted by Gasteiger charge is 2.50. The van der Waals surface area contributed by atoms with Crippen LogP contribution in [0, 0.1) is 11.8 Å². The highest BCUT2D eigenvalue weighted by atomic mass is 19.1. The van der Waals surface area contributed by atoms with Crippen LogP contribution in [-0.4, -0.2) is 29.0 Å². The van der Waals surface area contributed by atoms with Gasteiger partial charge in [0.2, 0.25) is 5.67 Å². The van der Waals surface area contributed by atoms with Crippen molar-refractivity contribution in [3.8, 4) is 0 Å². The number of ether oxygens (including phenoxy) is 1. The van der Waals surface area contributed by atoms with E-state index in [1.54, 1.807) is 0 Å². The first-order valence-corrected chi connectivity index (χ1v) is 5.47. The molecule has 0 aliphatic heterocycles. The van der Waals surface area contributed by atoms with Crippen LogP contribution < -0.4 is 0 Å². The summed E-state index contributed by atoms with van der Waals surface area (Å²) in [5, 5.41) is 9.79. The van der Waals surface area contributed by atoms with Crippen molar-refractivity contribution in [1.82, 2.24) is 0 Å². The van der Waals surface area contributed by atoms with Crippen molar-refractivity contribution in [2.24, 2.45) is 11.8 Å². The summed E-state index contributed by atoms with van der Waals surface area (Å²) in [5.41, 5.74) is -1.97. The lowest BCUT2D eigenvalue weighted by molar-refractivity contribution is -0.170. The van der Waals surface area contributed by atoms with Crippen molar-refractivity contribution in [2.75, 3.05) is 0 Å². The molecule has 3 nitrogen and oxygen atoms in total. The van der Waals surface area contributed by atoms with E-state index in [0.717, 1.165) is 19.3 Å². The van der Waals surface area contributed by atoms with Crippen LogP contribution in [0.25, 0.3) is 0 Å². The Morgan fingerprint density at radius 2 is 2.00 bits per heavy atom. The molecule has 0 aromatic heterocycles. The Bertz CT molecular complexity index is 269. The predicted octanol–water partition coefficient (Wildman–Crippen LogP) is 1.44. The zero-order valence-corrected chi connectivity index (χ0v) is 9.07. The third kappa shape index (κ3) is 1.87. The van der Waals surface area contributed by atoms with Crippen LogP contribution in [0.1, 0.15) is 33.1 Å². The Labute approximate surface area is 88.6 Å². The largest absolute Gasteiger partial charge is 0.457 e. The smallest absolute Gasteiger partial charge is 0.343 e. The number of carbonyl (C=O) groups excluding carboxylic acids is 1. The number of esters is 1. The van der Waals surface area contributed by atoms with Crippen molar-refractivity contribution in [3.05, 3.63) is 0 Å². The van der Waals surface area contributed by atoms with Gasteiger partial charge in [0, 0.05) is 0 Å². The lowest BCUT2D eigenvalue weighted by Gasteiger charge is -2.28.